The lowest BCUT2D eigenvalue weighted by atomic mass is 9.91. The van der Waals surface area contributed by atoms with E-state index in [1.165, 1.54) is 24.8 Å². The maximum Gasteiger partial charge on any atom is 0.0408 e. The Hall–Kier alpha value is -0.570. The minimum absolute atomic E-state index is 0.374. The van der Waals surface area contributed by atoms with Crippen LogP contribution in [0.5, 0.6) is 0 Å². The zero-order valence-electron chi connectivity index (χ0n) is 9.45. The first-order valence-electron chi connectivity index (χ1n) is 5.98. The van der Waals surface area contributed by atoms with Gasteiger partial charge in [0, 0.05) is 30.1 Å². The molecule has 1 aromatic carbocycles. The van der Waals surface area contributed by atoms with Crippen molar-refractivity contribution in [2.24, 2.45) is 5.73 Å². The van der Waals surface area contributed by atoms with Gasteiger partial charge in [-0.25, -0.2) is 0 Å². The highest BCUT2D eigenvalue weighted by atomic mass is 35.5. The molecule has 1 aliphatic rings. The van der Waals surface area contributed by atoms with Gasteiger partial charge >= 0.3 is 0 Å². The van der Waals surface area contributed by atoms with Crippen molar-refractivity contribution >= 4 is 11.6 Å². The van der Waals surface area contributed by atoms with Crippen LogP contribution in [-0.2, 0) is 0 Å². The molecule has 1 aliphatic carbocycles. The van der Waals surface area contributed by atoms with E-state index < -0.39 is 0 Å². The summed E-state index contributed by atoms with van der Waals surface area (Å²) in [5.41, 5.74) is 7.06. The zero-order valence-corrected chi connectivity index (χ0v) is 10.2. The third kappa shape index (κ3) is 2.97. The van der Waals surface area contributed by atoms with Crippen molar-refractivity contribution in [2.75, 3.05) is 13.1 Å². The standard InChI is InChI=1S/C13H19ClN2/c14-12-4-1-3-10(7-12)11(8-15)9-16-13-5-2-6-13/h1,3-4,7,11,13,16H,2,5-6,8-9,15H2. The SMILES string of the molecule is NCC(CNC1CCC1)c1cccc(Cl)c1. The molecule has 16 heavy (non-hydrogen) atoms. The van der Waals surface area contributed by atoms with Crippen LogP contribution in [0.25, 0.3) is 0 Å². The molecule has 0 heterocycles. The van der Waals surface area contributed by atoms with E-state index in [2.05, 4.69) is 11.4 Å². The predicted molar refractivity (Wildman–Crippen MR) is 68.9 cm³/mol. The van der Waals surface area contributed by atoms with Gasteiger partial charge in [0.1, 0.15) is 0 Å². The lowest BCUT2D eigenvalue weighted by Gasteiger charge is -2.28. The molecule has 0 spiro atoms. The summed E-state index contributed by atoms with van der Waals surface area (Å²) < 4.78 is 0. The normalized spacial score (nSPS) is 18.1. The molecule has 0 amide bonds. The van der Waals surface area contributed by atoms with E-state index >= 15 is 0 Å². The average molecular weight is 239 g/mol. The van der Waals surface area contributed by atoms with Crippen LogP contribution in [0.3, 0.4) is 0 Å². The number of benzene rings is 1. The largest absolute Gasteiger partial charge is 0.330 e. The van der Waals surface area contributed by atoms with Crippen molar-refractivity contribution in [2.45, 2.75) is 31.2 Å². The van der Waals surface area contributed by atoms with E-state index in [4.69, 9.17) is 17.3 Å². The second-order valence-corrected chi connectivity index (χ2v) is 4.96. The Labute approximate surface area is 102 Å². The van der Waals surface area contributed by atoms with Crippen LogP contribution < -0.4 is 11.1 Å². The van der Waals surface area contributed by atoms with Gasteiger partial charge < -0.3 is 11.1 Å². The van der Waals surface area contributed by atoms with Gasteiger partial charge in [0.25, 0.3) is 0 Å². The topological polar surface area (TPSA) is 38.0 Å². The first-order chi connectivity index (χ1) is 7.79. The molecule has 1 fully saturated rings. The summed E-state index contributed by atoms with van der Waals surface area (Å²) in [4.78, 5) is 0. The fourth-order valence-electron chi connectivity index (χ4n) is 2.02. The Morgan fingerprint density at radius 1 is 1.44 bits per heavy atom. The number of rotatable bonds is 5. The minimum atomic E-state index is 0.374. The molecule has 0 radical (unpaired) electrons. The molecule has 3 N–H and O–H groups in total. The Balaban J connectivity index is 1.92. The highest BCUT2D eigenvalue weighted by Crippen LogP contribution is 2.21. The van der Waals surface area contributed by atoms with Crippen molar-refractivity contribution in [3.8, 4) is 0 Å². The maximum atomic E-state index is 5.99. The van der Waals surface area contributed by atoms with Gasteiger partial charge in [0.15, 0.2) is 0 Å². The molecule has 88 valence electrons. The van der Waals surface area contributed by atoms with Gasteiger partial charge in [-0.05, 0) is 30.5 Å². The van der Waals surface area contributed by atoms with Crippen LogP contribution in [0.1, 0.15) is 30.7 Å². The maximum absolute atomic E-state index is 5.99. The number of hydrogen-bond acceptors (Lipinski definition) is 2. The Kier molecular flexibility index (Phi) is 4.22. The van der Waals surface area contributed by atoms with Crippen molar-refractivity contribution in [3.05, 3.63) is 34.9 Å². The minimum Gasteiger partial charge on any atom is -0.330 e. The van der Waals surface area contributed by atoms with Gasteiger partial charge in [0.05, 0.1) is 0 Å². The van der Waals surface area contributed by atoms with E-state index in [0.29, 0.717) is 18.5 Å². The molecule has 1 saturated carbocycles. The van der Waals surface area contributed by atoms with Crippen LogP contribution in [0.4, 0.5) is 0 Å². The van der Waals surface area contributed by atoms with Crippen LogP contribution in [0.15, 0.2) is 24.3 Å². The molecule has 2 nitrogen and oxygen atoms in total. The van der Waals surface area contributed by atoms with E-state index in [1.54, 1.807) is 0 Å². The van der Waals surface area contributed by atoms with Crippen molar-refractivity contribution < 1.29 is 0 Å². The van der Waals surface area contributed by atoms with Crippen molar-refractivity contribution in [1.29, 1.82) is 0 Å². The molecule has 0 bridgehead atoms. The van der Waals surface area contributed by atoms with Crippen LogP contribution in [0.2, 0.25) is 5.02 Å². The van der Waals surface area contributed by atoms with E-state index in [0.717, 1.165) is 11.6 Å². The summed E-state index contributed by atoms with van der Waals surface area (Å²) >= 11 is 5.99. The molecule has 3 heteroatoms. The van der Waals surface area contributed by atoms with Crippen molar-refractivity contribution in [3.63, 3.8) is 0 Å². The first-order valence-corrected chi connectivity index (χ1v) is 6.36. The molecule has 1 atom stereocenters. The quantitative estimate of drug-likeness (QED) is 0.828. The molecule has 0 aliphatic heterocycles. The second-order valence-electron chi connectivity index (χ2n) is 4.52. The summed E-state index contributed by atoms with van der Waals surface area (Å²) in [6, 6.07) is 8.72. The second kappa shape index (κ2) is 5.67. The molecule has 2 rings (SSSR count). The van der Waals surface area contributed by atoms with Gasteiger partial charge in [-0.1, -0.05) is 30.2 Å². The number of halogens is 1. The molecule has 1 unspecified atom stereocenters. The summed E-state index contributed by atoms with van der Waals surface area (Å²) in [5, 5.41) is 4.36. The van der Waals surface area contributed by atoms with Crippen LogP contribution in [0, 0.1) is 0 Å². The van der Waals surface area contributed by atoms with E-state index in [1.807, 2.05) is 18.2 Å². The van der Waals surface area contributed by atoms with Gasteiger partial charge in [-0.2, -0.15) is 0 Å². The summed E-state index contributed by atoms with van der Waals surface area (Å²) in [6.07, 6.45) is 3.99. The van der Waals surface area contributed by atoms with Crippen LogP contribution >= 0.6 is 11.6 Å². The Bertz CT molecular complexity index is 336. The number of nitrogens with one attached hydrogen (secondary N) is 1. The molecule has 1 aromatic rings. The fraction of sp³-hybridized carbons (Fsp3) is 0.538. The average Bonchev–Trinajstić information content (AvgIpc) is 2.22. The summed E-state index contributed by atoms with van der Waals surface area (Å²) in [7, 11) is 0. The fourth-order valence-corrected chi connectivity index (χ4v) is 2.22. The van der Waals surface area contributed by atoms with Crippen LogP contribution in [-0.4, -0.2) is 19.1 Å². The highest BCUT2D eigenvalue weighted by Gasteiger charge is 2.18. The molecular formula is C13H19ClN2. The van der Waals surface area contributed by atoms with Crippen molar-refractivity contribution in [1.82, 2.24) is 5.32 Å². The zero-order chi connectivity index (χ0) is 11.4. The molecule has 0 aromatic heterocycles. The monoisotopic (exact) mass is 238 g/mol. The van der Waals surface area contributed by atoms with Gasteiger partial charge in [-0.3, -0.25) is 0 Å². The number of nitrogens with two attached hydrogens (primary N) is 1. The molecule has 0 saturated heterocycles. The lowest BCUT2D eigenvalue weighted by Crippen LogP contribution is -2.39. The highest BCUT2D eigenvalue weighted by molar-refractivity contribution is 6.30. The predicted octanol–water partition coefficient (Wildman–Crippen LogP) is 2.52. The Morgan fingerprint density at radius 2 is 2.25 bits per heavy atom. The smallest absolute Gasteiger partial charge is 0.0408 e. The van der Waals surface area contributed by atoms with Gasteiger partial charge in [0.2, 0.25) is 0 Å². The number of hydrogen-bond donors (Lipinski definition) is 2. The third-order valence-corrected chi connectivity index (χ3v) is 3.60. The van der Waals surface area contributed by atoms with E-state index in [-0.39, 0.29) is 0 Å². The molecular weight excluding hydrogens is 220 g/mol. The lowest BCUT2D eigenvalue weighted by molar-refractivity contribution is 0.332. The summed E-state index contributed by atoms with van der Waals surface area (Å²) in [6.45, 7) is 1.63. The van der Waals surface area contributed by atoms with E-state index in [9.17, 15) is 0 Å². The van der Waals surface area contributed by atoms with Gasteiger partial charge in [-0.15, -0.1) is 0 Å². The summed E-state index contributed by atoms with van der Waals surface area (Å²) in [5.74, 6) is 0.374. The third-order valence-electron chi connectivity index (χ3n) is 3.36. The first kappa shape index (κ1) is 11.9. The Morgan fingerprint density at radius 3 is 2.81 bits per heavy atom.